The number of thiophene rings is 1. The summed E-state index contributed by atoms with van der Waals surface area (Å²) in [6.07, 6.45) is -0.202. The van der Waals surface area contributed by atoms with Crippen molar-refractivity contribution in [2.24, 2.45) is 0 Å². The third kappa shape index (κ3) is 3.97. The number of hydrogen-bond acceptors (Lipinski definition) is 5. The molecule has 0 radical (unpaired) electrons. The number of imide groups is 1. The number of carbonyl (C=O) groups is 2. The smallest absolute Gasteiger partial charge is 0.252 e. The fourth-order valence-corrected chi connectivity index (χ4v) is 6.45. The van der Waals surface area contributed by atoms with Crippen molar-refractivity contribution in [3.8, 4) is 0 Å². The number of anilines is 1. The standard InChI is InChI=1S/C25H20N2O4S2/c28-24-16-23(25(29)27(24)20-9-2-1-3-10-20)26(17-21-11-6-14-32-21)33(30,31)22-13-12-18-7-4-5-8-19(18)15-22/h1-15,23H,16-17H2. The summed E-state index contributed by atoms with van der Waals surface area (Å²) in [6, 6.07) is 23.5. The van der Waals surface area contributed by atoms with Crippen LogP contribution >= 0.6 is 11.3 Å². The maximum absolute atomic E-state index is 13.8. The van der Waals surface area contributed by atoms with Crippen LogP contribution < -0.4 is 4.90 Å². The summed E-state index contributed by atoms with van der Waals surface area (Å²) in [5, 5.41) is 3.56. The fraction of sp³-hybridized carbons (Fsp3) is 0.120. The first kappa shape index (κ1) is 21.5. The highest BCUT2D eigenvalue weighted by molar-refractivity contribution is 7.89. The molecule has 2 heterocycles. The zero-order valence-corrected chi connectivity index (χ0v) is 19.1. The highest BCUT2D eigenvalue weighted by Gasteiger charge is 2.47. The van der Waals surface area contributed by atoms with Crippen molar-refractivity contribution in [3.63, 3.8) is 0 Å². The minimum atomic E-state index is -4.07. The van der Waals surface area contributed by atoms with Crippen molar-refractivity contribution < 1.29 is 18.0 Å². The van der Waals surface area contributed by atoms with Crippen LogP contribution in [0.5, 0.6) is 0 Å². The zero-order chi connectivity index (χ0) is 23.0. The minimum absolute atomic E-state index is 0.0130. The molecular weight excluding hydrogens is 456 g/mol. The lowest BCUT2D eigenvalue weighted by Crippen LogP contribution is -2.44. The van der Waals surface area contributed by atoms with Crippen molar-refractivity contribution in [2.45, 2.75) is 23.9 Å². The number of sulfonamides is 1. The van der Waals surface area contributed by atoms with Crippen molar-refractivity contribution in [1.82, 2.24) is 4.31 Å². The van der Waals surface area contributed by atoms with Gasteiger partial charge in [-0.25, -0.2) is 13.3 Å². The minimum Gasteiger partial charge on any atom is -0.274 e. The average molecular weight is 477 g/mol. The molecule has 0 saturated carbocycles. The lowest BCUT2D eigenvalue weighted by molar-refractivity contribution is -0.122. The predicted molar refractivity (Wildman–Crippen MR) is 128 cm³/mol. The van der Waals surface area contributed by atoms with Gasteiger partial charge in [-0.05, 0) is 46.5 Å². The lowest BCUT2D eigenvalue weighted by Gasteiger charge is -2.26. The predicted octanol–water partition coefficient (Wildman–Crippen LogP) is 4.42. The van der Waals surface area contributed by atoms with E-state index in [1.807, 2.05) is 41.8 Å². The number of nitrogens with zero attached hydrogens (tertiary/aromatic N) is 2. The Morgan fingerprint density at radius 1 is 0.879 bits per heavy atom. The first-order chi connectivity index (χ1) is 15.9. The number of carbonyl (C=O) groups excluding carboxylic acids is 2. The maximum Gasteiger partial charge on any atom is 0.252 e. The number of hydrogen-bond donors (Lipinski definition) is 0. The van der Waals surface area contributed by atoms with Crippen LogP contribution in [-0.2, 0) is 26.2 Å². The Labute approximate surface area is 195 Å². The molecule has 0 spiro atoms. The number of benzene rings is 3. The van der Waals surface area contributed by atoms with Gasteiger partial charge in [0.1, 0.15) is 6.04 Å². The van der Waals surface area contributed by atoms with Crippen molar-refractivity contribution in [3.05, 3.63) is 95.2 Å². The lowest BCUT2D eigenvalue weighted by atomic mass is 10.1. The van der Waals surface area contributed by atoms with Crippen LogP contribution in [0.1, 0.15) is 11.3 Å². The largest absolute Gasteiger partial charge is 0.274 e. The molecule has 1 aromatic heterocycles. The first-order valence-corrected chi connectivity index (χ1v) is 12.7. The van der Waals surface area contributed by atoms with E-state index in [9.17, 15) is 18.0 Å². The fourth-order valence-electron chi connectivity index (χ4n) is 4.07. The summed E-state index contributed by atoms with van der Waals surface area (Å²) in [6.45, 7) is 0.0130. The molecule has 0 N–H and O–H groups in total. The molecule has 0 aliphatic carbocycles. The molecule has 5 rings (SSSR count). The van der Waals surface area contributed by atoms with Gasteiger partial charge in [0.2, 0.25) is 15.9 Å². The molecule has 0 bridgehead atoms. The van der Waals surface area contributed by atoms with Crippen LogP contribution in [0, 0.1) is 0 Å². The Kier molecular flexibility index (Phi) is 5.57. The SMILES string of the molecule is O=C1CC(N(Cc2cccs2)S(=O)(=O)c2ccc3ccccc3c2)C(=O)N1c1ccccc1. The Bertz CT molecular complexity index is 1430. The Morgan fingerprint density at radius 2 is 1.61 bits per heavy atom. The molecule has 2 amide bonds. The van der Waals surface area contributed by atoms with Crippen LogP contribution in [0.2, 0.25) is 0 Å². The van der Waals surface area contributed by atoms with Crippen LogP contribution in [0.3, 0.4) is 0 Å². The molecule has 1 aliphatic heterocycles. The molecular formula is C25H20N2O4S2. The molecule has 3 aromatic carbocycles. The average Bonchev–Trinajstić information content (AvgIpc) is 3.45. The van der Waals surface area contributed by atoms with E-state index < -0.39 is 27.9 Å². The number of fused-ring (bicyclic) bond motifs is 1. The van der Waals surface area contributed by atoms with E-state index in [0.29, 0.717) is 5.69 Å². The first-order valence-electron chi connectivity index (χ1n) is 10.4. The molecule has 1 saturated heterocycles. The topological polar surface area (TPSA) is 74.8 Å². The molecule has 8 heteroatoms. The third-order valence-electron chi connectivity index (χ3n) is 5.70. The molecule has 6 nitrogen and oxygen atoms in total. The van der Waals surface area contributed by atoms with Gasteiger partial charge in [0.15, 0.2) is 0 Å². The van der Waals surface area contributed by atoms with Gasteiger partial charge in [-0.1, -0.05) is 54.6 Å². The molecule has 1 fully saturated rings. The van der Waals surface area contributed by atoms with Crippen molar-refractivity contribution in [1.29, 1.82) is 0 Å². The van der Waals surface area contributed by atoms with E-state index in [4.69, 9.17) is 0 Å². The third-order valence-corrected chi connectivity index (χ3v) is 8.42. The monoisotopic (exact) mass is 476 g/mol. The van der Waals surface area contributed by atoms with E-state index in [-0.39, 0.29) is 17.9 Å². The summed E-state index contributed by atoms with van der Waals surface area (Å²) >= 11 is 1.41. The Morgan fingerprint density at radius 3 is 2.33 bits per heavy atom. The Balaban J connectivity index is 1.57. The van der Waals surface area contributed by atoms with E-state index in [2.05, 4.69) is 0 Å². The number of para-hydroxylation sites is 1. The van der Waals surface area contributed by atoms with Crippen molar-refractivity contribution >= 4 is 49.6 Å². The summed E-state index contributed by atoms with van der Waals surface area (Å²) in [5.41, 5.74) is 0.439. The molecule has 1 unspecified atom stereocenters. The number of rotatable bonds is 6. The Hall–Kier alpha value is -3.33. The second-order valence-electron chi connectivity index (χ2n) is 7.76. The second-order valence-corrected chi connectivity index (χ2v) is 10.7. The van der Waals surface area contributed by atoms with E-state index >= 15 is 0 Å². The van der Waals surface area contributed by atoms with E-state index in [0.717, 1.165) is 20.5 Å². The molecule has 166 valence electrons. The highest BCUT2D eigenvalue weighted by atomic mass is 32.2. The summed E-state index contributed by atoms with van der Waals surface area (Å²) in [5.74, 6) is -0.951. The van der Waals surface area contributed by atoms with Gasteiger partial charge in [0.25, 0.3) is 5.91 Å². The molecule has 1 atom stereocenters. The van der Waals surface area contributed by atoms with Gasteiger partial charge in [-0.15, -0.1) is 11.3 Å². The van der Waals surface area contributed by atoms with Gasteiger partial charge < -0.3 is 0 Å². The van der Waals surface area contributed by atoms with Gasteiger partial charge >= 0.3 is 0 Å². The molecule has 33 heavy (non-hydrogen) atoms. The van der Waals surface area contributed by atoms with Gasteiger partial charge in [0.05, 0.1) is 17.0 Å². The summed E-state index contributed by atoms with van der Waals surface area (Å²) in [4.78, 5) is 28.2. The normalized spacial score (nSPS) is 16.8. The number of amides is 2. The molecule has 1 aliphatic rings. The highest BCUT2D eigenvalue weighted by Crippen LogP contribution is 2.32. The van der Waals surface area contributed by atoms with Crippen molar-refractivity contribution in [2.75, 3.05) is 4.90 Å². The second kappa shape index (κ2) is 8.55. The van der Waals surface area contributed by atoms with Gasteiger partial charge in [-0.3, -0.25) is 9.59 Å². The van der Waals surface area contributed by atoms with Gasteiger partial charge in [0, 0.05) is 11.4 Å². The van der Waals surface area contributed by atoms with Crippen LogP contribution in [0.15, 0.2) is 95.2 Å². The summed E-state index contributed by atoms with van der Waals surface area (Å²) in [7, 11) is -4.07. The van der Waals surface area contributed by atoms with Gasteiger partial charge in [-0.2, -0.15) is 4.31 Å². The van der Waals surface area contributed by atoms with Crippen LogP contribution in [0.25, 0.3) is 10.8 Å². The quantitative estimate of drug-likeness (QED) is 0.386. The molecule has 4 aromatic rings. The van der Waals surface area contributed by atoms with E-state index in [1.54, 1.807) is 48.5 Å². The summed E-state index contributed by atoms with van der Waals surface area (Å²) < 4.78 is 28.8. The van der Waals surface area contributed by atoms with Crippen LogP contribution in [0.4, 0.5) is 5.69 Å². The van der Waals surface area contributed by atoms with E-state index in [1.165, 1.54) is 15.6 Å². The van der Waals surface area contributed by atoms with Crippen LogP contribution in [-0.4, -0.2) is 30.6 Å². The zero-order valence-electron chi connectivity index (χ0n) is 17.5. The maximum atomic E-state index is 13.8.